The molecule has 36 heavy (non-hydrogen) atoms. The van der Waals surface area contributed by atoms with E-state index in [1.807, 2.05) is 0 Å². The maximum absolute atomic E-state index is 13.8. The van der Waals surface area contributed by atoms with E-state index in [1.54, 1.807) is 0 Å². The van der Waals surface area contributed by atoms with Crippen LogP contribution in [-0.2, 0) is 35.1 Å². The van der Waals surface area contributed by atoms with E-state index < -0.39 is 55.0 Å². The lowest BCUT2D eigenvalue weighted by molar-refractivity contribution is -0.148. The van der Waals surface area contributed by atoms with Gasteiger partial charge in [-0.1, -0.05) is 0 Å². The summed E-state index contributed by atoms with van der Waals surface area (Å²) in [6.07, 6.45) is -8.85. The van der Waals surface area contributed by atoms with E-state index in [2.05, 4.69) is 15.3 Å². The first-order chi connectivity index (χ1) is 16.8. The lowest BCUT2D eigenvalue weighted by atomic mass is 10.0. The summed E-state index contributed by atoms with van der Waals surface area (Å²) in [4.78, 5) is 33.5. The number of ether oxygens (including phenoxy) is 1. The molecule has 2 amide bonds. The summed E-state index contributed by atoms with van der Waals surface area (Å²) in [5.41, 5.74) is -1.03. The molecule has 3 heterocycles. The molecular formula is C21H28F5N5O5. The molecule has 1 aromatic heterocycles. The van der Waals surface area contributed by atoms with Crippen LogP contribution in [0, 0.1) is 0 Å². The largest absolute Gasteiger partial charge is 0.465 e. The SMILES string of the molecule is COCCc1nc2c(c(C(F)(F)F)n1)CCN(C(O)C[C@@H](CN1CC(F)(F)CCC1=O)NC(=O)O)C2. The van der Waals surface area contributed by atoms with Crippen LogP contribution < -0.4 is 5.32 Å². The number of rotatable bonds is 9. The predicted molar refractivity (Wildman–Crippen MR) is 113 cm³/mol. The standard InChI is InChI=1S/C21H28F5N5O5/c1-36-7-4-15-28-14-10-30(6-3-13(14)18(29-15)21(24,25)26)17(33)8-12(27-19(34)35)9-31-11-20(22,23)5-2-16(31)32/h12,17,27,33H,2-11H2,1H3,(H,34,35)/t12-,17?/m0/s1. The zero-order valence-corrected chi connectivity index (χ0v) is 19.5. The fourth-order valence-corrected chi connectivity index (χ4v) is 4.38. The molecule has 1 unspecified atom stereocenters. The summed E-state index contributed by atoms with van der Waals surface area (Å²) in [7, 11) is 1.39. The van der Waals surface area contributed by atoms with Crippen molar-refractivity contribution < 1.29 is 46.5 Å². The molecule has 0 saturated carbocycles. The summed E-state index contributed by atoms with van der Waals surface area (Å²) in [6.45, 7) is -1.30. The third-order valence-electron chi connectivity index (χ3n) is 6.10. The van der Waals surface area contributed by atoms with Crippen molar-refractivity contribution in [3.63, 3.8) is 0 Å². The summed E-state index contributed by atoms with van der Waals surface area (Å²) < 4.78 is 73.2. The van der Waals surface area contributed by atoms with Crippen molar-refractivity contribution in [3.05, 3.63) is 22.8 Å². The van der Waals surface area contributed by atoms with Gasteiger partial charge in [0, 0.05) is 58.0 Å². The van der Waals surface area contributed by atoms with Crippen molar-refractivity contribution in [2.45, 2.75) is 63.0 Å². The van der Waals surface area contributed by atoms with E-state index >= 15 is 0 Å². The van der Waals surface area contributed by atoms with Crippen LogP contribution in [0.15, 0.2) is 0 Å². The number of carboxylic acid groups (broad SMARTS) is 1. The second-order valence-electron chi connectivity index (χ2n) is 8.87. The first-order valence-corrected chi connectivity index (χ1v) is 11.3. The molecule has 2 atom stereocenters. The van der Waals surface area contributed by atoms with Crippen molar-refractivity contribution >= 4 is 12.0 Å². The Balaban J connectivity index is 1.75. The van der Waals surface area contributed by atoms with Crippen LogP contribution in [0.4, 0.5) is 26.7 Å². The van der Waals surface area contributed by atoms with Crippen LogP contribution in [0.3, 0.4) is 0 Å². The number of alkyl halides is 5. The minimum atomic E-state index is -4.70. The van der Waals surface area contributed by atoms with Crippen molar-refractivity contribution in [1.29, 1.82) is 0 Å². The zero-order chi connectivity index (χ0) is 26.7. The van der Waals surface area contributed by atoms with E-state index in [4.69, 9.17) is 9.84 Å². The maximum Gasteiger partial charge on any atom is 0.433 e. The number of aliphatic hydroxyl groups excluding tert-OH is 1. The van der Waals surface area contributed by atoms with Gasteiger partial charge < -0.3 is 25.2 Å². The lowest BCUT2D eigenvalue weighted by Crippen LogP contribution is -2.54. The number of halogens is 5. The van der Waals surface area contributed by atoms with Gasteiger partial charge in [0.15, 0.2) is 5.69 Å². The Morgan fingerprint density at radius 2 is 2.00 bits per heavy atom. The summed E-state index contributed by atoms with van der Waals surface area (Å²) in [6, 6.07) is -1.09. The maximum atomic E-state index is 13.8. The van der Waals surface area contributed by atoms with Gasteiger partial charge in [-0.25, -0.2) is 23.5 Å². The third kappa shape index (κ3) is 7.20. The van der Waals surface area contributed by atoms with E-state index in [0.717, 1.165) is 4.90 Å². The summed E-state index contributed by atoms with van der Waals surface area (Å²) in [5, 5.41) is 22.1. The van der Waals surface area contributed by atoms with Gasteiger partial charge in [0.1, 0.15) is 12.1 Å². The van der Waals surface area contributed by atoms with E-state index in [9.17, 15) is 36.6 Å². The number of fused-ring (bicyclic) bond motifs is 1. The highest BCUT2D eigenvalue weighted by Gasteiger charge is 2.41. The van der Waals surface area contributed by atoms with Gasteiger partial charge in [0.2, 0.25) is 5.91 Å². The Morgan fingerprint density at radius 1 is 1.28 bits per heavy atom. The molecule has 0 aromatic carbocycles. The first kappa shape index (κ1) is 27.9. The summed E-state index contributed by atoms with van der Waals surface area (Å²) >= 11 is 0. The molecule has 15 heteroatoms. The lowest BCUT2D eigenvalue weighted by Gasteiger charge is -2.37. The fourth-order valence-electron chi connectivity index (χ4n) is 4.38. The minimum Gasteiger partial charge on any atom is -0.465 e. The molecule has 1 fully saturated rings. The van der Waals surface area contributed by atoms with Crippen LogP contribution in [0.1, 0.15) is 42.0 Å². The minimum absolute atomic E-state index is 0.00146. The Morgan fingerprint density at radius 3 is 2.64 bits per heavy atom. The number of nitrogens with zero attached hydrogens (tertiary/aromatic N) is 4. The van der Waals surface area contributed by atoms with Gasteiger partial charge in [-0.3, -0.25) is 9.69 Å². The monoisotopic (exact) mass is 525 g/mol. The topological polar surface area (TPSA) is 128 Å². The molecule has 1 saturated heterocycles. The number of hydrogen-bond acceptors (Lipinski definition) is 7. The molecule has 0 bridgehead atoms. The highest BCUT2D eigenvalue weighted by atomic mass is 19.4. The van der Waals surface area contributed by atoms with E-state index in [-0.39, 0.29) is 69.0 Å². The number of nitrogens with one attached hydrogen (secondary N) is 1. The number of carbonyl (C=O) groups excluding carboxylic acids is 1. The average molecular weight is 525 g/mol. The number of aliphatic hydroxyl groups is 1. The molecule has 0 spiro atoms. The highest BCUT2D eigenvalue weighted by molar-refractivity contribution is 5.77. The van der Waals surface area contributed by atoms with Crippen LogP contribution >= 0.6 is 0 Å². The molecule has 3 N–H and O–H groups in total. The average Bonchev–Trinajstić information content (AvgIpc) is 2.77. The van der Waals surface area contributed by atoms with Crippen molar-refractivity contribution in [2.75, 3.05) is 33.4 Å². The van der Waals surface area contributed by atoms with E-state index in [0.29, 0.717) is 0 Å². The molecule has 2 aliphatic heterocycles. The van der Waals surface area contributed by atoms with Crippen LogP contribution in [0.25, 0.3) is 0 Å². The smallest absolute Gasteiger partial charge is 0.433 e. The van der Waals surface area contributed by atoms with Gasteiger partial charge in [0.25, 0.3) is 5.92 Å². The molecule has 0 aliphatic carbocycles. The second-order valence-corrected chi connectivity index (χ2v) is 8.87. The van der Waals surface area contributed by atoms with Crippen LogP contribution in [0.2, 0.25) is 0 Å². The predicted octanol–water partition coefficient (Wildman–Crippen LogP) is 1.64. The first-order valence-electron chi connectivity index (χ1n) is 11.3. The fraction of sp³-hybridized carbons (Fsp3) is 0.714. The van der Waals surface area contributed by atoms with Gasteiger partial charge in [-0.2, -0.15) is 13.2 Å². The number of aromatic nitrogens is 2. The number of carbonyl (C=O) groups is 2. The number of hydrogen-bond donors (Lipinski definition) is 3. The molecule has 10 nitrogen and oxygen atoms in total. The molecule has 1 aromatic rings. The number of likely N-dealkylation sites (tertiary alicyclic amines) is 1. The Labute approximate surface area is 203 Å². The van der Waals surface area contributed by atoms with Crippen molar-refractivity contribution in [3.8, 4) is 0 Å². The van der Waals surface area contributed by atoms with E-state index in [1.165, 1.54) is 12.0 Å². The number of amides is 2. The highest BCUT2D eigenvalue weighted by Crippen LogP contribution is 2.34. The molecule has 2 aliphatic rings. The van der Waals surface area contributed by atoms with Crippen LogP contribution in [-0.4, -0.2) is 93.5 Å². The number of piperidine rings is 1. The van der Waals surface area contributed by atoms with Gasteiger partial charge in [0.05, 0.1) is 24.9 Å². The quantitative estimate of drug-likeness (QED) is 0.416. The normalized spacial score (nSPS) is 20.1. The van der Waals surface area contributed by atoms with Crippen molar-refractivity contribution in [2.24, 2.45) is 0 Å². The van der Waals surface area contributed by atoms with Gasteiger partial charge >= 0.3 is 12.3 Å². The zero-order valence-electron chi connectivity index (χ0n) is 19.5. The third-order valence-corrected chi connectivity index (χ3v) is 6.10. The molecular weight excluding hydrogens is 497 g/mol. The van der Waals surface area contributed by atoms with Crippen LogP contribution in [0.5, 0.6) is 0 Å². The Kier molecular flexibility index (Phi) is 8.67. The second kappa shape index (κ2) is 11.2. The number of methoxy groups -OCH3 is 1. The van der Waals surface area contributed by atoms with Gasteiger partial charge in [-0.05, 0) is 6.42 Å². The van der Waals surface area contributed by atoms with Gasteiger partial charge in [-0.15, -0.1) is 0 Å². The Hall–Kier alpha value is -2.65. The van der Waals surface area contributed by atoms with Crippen molar-refractivity contribution in [1.82, 2.24) is 25.1 Å². The molecule has 202 valence electrons. The Bertz CT molecular complexity index is 964. The molecule has 0 radical (unpaired) electrons. The molecule has 3 rings (SSSR count). The summed E-state index contributed by atoms with van der Waals surface area (Å²) in [5.74, 6) is -3.72.